The van der Waals surface area contributed by atoms with Crippen LogP contribution in [0.4, 0.5) is 5.82 Å². The molecule has 0 radical (unpaired) electrons. The lowest BCUT2D eigenvalue weighted by molar-refractivity contribution is -0.202. The normalized spacial score (nSPS) is 31.8. The fraction of sp³-hybridized carbons (Fsp3) is 0.643. The summed E-state index contributed by atoms with van der Waals surface area (Å²) in [4.78, 5) is 26.8. The highest BCUT2D eigenvalue weighted by Gasteiger charge is 2.56. The summed E-state index contributed by atoms with van der Waals surface area (Å²) in [6, 6.07) is 1.50. The van der Waals surface area contributed by atoms with Crippen LogP contribution in [0.2, 0.25) is 0 Å². The van der Waals surface area contributed by atoms with Crippen molar-refractivity contribution < 1.29 is 23.7 Å². The average molecular weight is 325 g/mol. The molecule has 3 rings (SSSR count). The first-order valence-corrected chi connectivity index (χ1v) is 7.26. The molecule has 2 saturated heterocycles. The minimum Gasteiger partial charge on any atom is -0.463 e. The van der Waals surface area contributed by atoms with E-state index in [0.717, 1.165) is 0 Å². The molecule has 1 aromatic rings. The van der Waals surface area contributed by atoms with Crippen LogP contribution in [-0.2, 0) is 23.7 Å². The van der Waals surface area contributed by atoms with E-state index in [2.05, 4.69) is 4.98 Å². The van der Waals surface area contributed by atoms with Gasteiger partial charge in [0.25, 0.3) is 0 Å². The maximum Gasteiger partial charge on any atom is 0.351 e. The quantitative estimate of drug-likeness (QED) is 0.760. The van der Waals surface area contributed by atoms with Gasteiger partial charge in [-0.2, -0.15) is 4.98 Å². The molecule has 0 aromatic carbocycles. The molecule has 0 bridgehead atoms. The number of rotatable bonds is 3. The standard InChI is InChI=1S/C14H19N3O6/c1-7(18)20-6-8-10-11(23-14(2,3)22-10)12(21-8)17-5-4-9(15)16-13(17)19/h4-5,8,10-12H,6H2,1-3H3,(H2,15,16,19)/t8-,10-,11-,12-/m1/s1. The third-order valence-corrected chi connectivity index (χ3v) is 3.70. The van der Waals surface area contributed by atoms with Crippen molar-refractivity contribution in [3.63, 3.8) is 0 Å². The summed E-state index contributed by atoms with van der Waals surface area (Å²) in [6.45, 7) is 4.88. The first-order chi connectivity index (χ1) is 10.8. The molecule has 3 heterocycles. The number of hydrogen-bond acceptors (Lipinski definition) is 8. The van der Waals surface area contributed by atoms with Crippen molar-refractivity contribution in [3.05, 3.63) is 22.7 Å². The molecule has 0 aliphatic carbocycles. The second-order valence-corrected chi connectivity index (χ2v) is 5.97. The van der Waals surface area contributed by atoms with E-state index in [9.17, 15) is 9.59 Å². The first kappa shape index (κ1) is 15.9. The van der Waals surface area contributed by atoms with E-state index < -0.39 is 42.0 Å². The van der Waals surface area contributed by atoms with E-state index in [4.69, 9.17) is 24.7 Å². The van der Waals surface area contributed by atoms with Crippen molar-refractivity contribution in [1.82, 2.24) is 9.55 Å². The maximum atomic E-state index is 12.1. The predicted molar refractivity (Wildman–Crippen MR) is 77.3 cm³/mol. The number of hydrogen-bond donors (Lipinski definition) is 1. The first-order valence-electron chi connectivity index (χ1n) is 7.26. The minimum atomic E-state index is -0.823. The Morgan fingerprint density at radius 2 is 2.13 bits per heavy atom. The molecule has 0 saturated carbocycles. The number of carbonyl (C=O) groups excluding carboxylic acids is 1. The molecule has 9 heteroatoms. The summed E-state index contributed by atoms with van der Waals surface area (Å²) in [7, 11) is 0. The van der Waals surface area contributed by atoms with Crippen LogP contribution in [0.1, 0.15) is 27.0 Å². The van der Waals surface area contributed by atoms with Crippen molar-refractivity contribution in [2.75, 3.05) is 12.3 Å². The number of ether oxygens (including phenoxy) is 4. The van der Waals surface area contributed by atoms with Crippen LogP contribution < -0.4 is 11.4 Å². The van der Waals surface area contributed by atoms with Gasteiger partial charge < -0.3 is 24.7 Å². The smallest absolute Gasteiger partial charge is 0.351 e. The van der Waals surface area contributed by atoms with Gasteiger partial charge in [-0.25, -0.2) is 4.79 Å². The van der Waals surface area contributed by atoms with Crippen LogP contribution >= 0.6 is 0 Å². The molecular formula is C14H19N3O6. The van der Waals surface area contributed by atoms with Gasteiger partial charge >= 0.3 is 11.7 Å². The Morgan fingerprint density at radius 3 is 2.78 bits per heavy atom. The summed E-state index contributed by atoms with van der Waals surface area (Å²) < 4.78 is 23.8. The molecule has 23 heavy (non-hydrogen) atoms. The van der Waals surface area contributed by atoms with E-state index >= 15 is 0 Å². The van der Waals surface area contributed by atoms with Crippen molar-refractivity contribution >= 4 is 11.8 Å². The molecule has 126 valence electrons. The Labute approximate surface area is 132 Å². The van der Waals surface area contributed by atoms with Crippen molar-refractivity contribution in [3.8, 4) is 0 Å². The molecule has 0 unspecified atom stereocenters. The van der Waals surface area contributed by atoms with E-state index in [-0.39, 0.29) is 12.4 Å². The third-order valence-electron chi connectivity index (χ3n) is 3.70. The predicted octanol–water partition coefficient (Wildman–Crippen LogP) is -0.194. The molecule has 1 aromatic heterocycles. The number of esters is 1. The topological polar surface area (TPSA) is 115 Å². The zero-order valence-electron chi connectivity index (χ0n) is 13.1. The number of nitrogens with zero attached hydrogens (tertiary/aromatic N) is 2. The SMILES string of the molecule is CC(=O)OC[C@H]1O[C@@H](n2ccc(N)nc2=O)[C@@H]2OC(C)(C)O[C@@H]21. The monoisotopic (exact) mass is 325 g/mol. The lowest BCUT2D eigenvalue weighted by Crippen LogP contribution is -2.35. The van der Waals surface area contributed by atoms with Gasteiger partial charge in [-0.05, 0) is 19.9 Å². The fourth-order valence-electron chi connectivity index (χ4n) is 2.84. The number of nitrogen functional groups attached to an aromatic ring is 1. The molecule has 0 spiro atoms. The van der Waals surface area contributed by atoms with Gasteiger partial charge in [0, 0.05) is 13.1 Å². The Kier molecular flexibility index (Phi) is 3.86. The van der Waals surface area contributed by atoms with Crippen LogP contribution in [0.15, 0.2) is 17.1 Å². The van der Waals surface area contributed by atoms with E-state index in [0.29, 0.717) is 0 Å². The molecule has 2 N–H and O–H groups in total. The molecule has 4 atom stereocenters. The summed E-state index contributed by atoms with van der Waals surface area (Å²) in [5, 5.41) is 0. The van der Waals surface area contributed by atoms with E-state index in [1.165, 1.54) is 23.8 Å². The molecule has 2 aliphatic rings. The molecular weight excluding hydrogens is 306 g/mol. The van der Waals surface area contributed by atoms with E-state index in [1.54, 1.807) is 13.8 Å². The Morgan fingerprint density at radius 1 is 1.43 bits per heavy atom. The van der Waals surface area contributed by atoms with Gasteiger partial charge in [0.2, 0.25) is 0 Å². The van der Waals surface area contributed by atoms with Crippen LogP contribution in [0, 0.1) is 0 Å². The molecule has 9 nitrogen and oxygen atoms in total. The van der Waals surface area contributed by atoms with Crippen LogP contribution in [0.25, 0.3) is 0 Å². The van der Waals surface area contributed by atoms with Crippen LogP contribution in [0.5, 0.6) is 0 Å². The number of carbonyl (C=O) groups is 1. The second-order valence-electron chi connectivity index (χ2n) is 5.97. The summed E-state index contributed by atoms with van der Waals surface area (Å²) >= 11 is 0. The van der Waals surface area contributed by atoms with E-state index in [1.807, 2.05) is 0 Å². The fourth-order valence-corrected chi connectivity index (χ4v) is 2.84. The highest BCUT2D eigenvalue weighted by Crippen LogP contribution is 2.42. The zero-order chi connectivity index (χ0) is 16.8. The van der Waals surface area contributed by atoms with Gasteiger partial charge in [-0.1, -0.05) is 0 Å². The lowest BCUT2D eigenvalue weighted by Gasteiger charge is -2.24. The highest BCUT2D eigenvalue weighted by molar-refractivity contribution is 5.65. The van der Waals surface area contributed by atoms with Gasteiger partial charge in [0.15, 0.2) is 12.0 Å². The summed E-state index contributed by atoms with van der Waals surface area (Å²) in [6.07, 6.45) is -0.759. The Bertz CT molecular complexity index is 673. The molecule has 0 amide bonds. The van der Waals surface area contributed by atoms with Crippen molar-refractivity contribution in [1.29, 1.82) is 0 Å². The van der Waals surface area contributed by atoms with Gasteiger partial charge in [0.1, 0.15) is 30.7 Å². The maximum absolute atomic E-state index is 12.1. The Balaban J connectivity index is 1.88. The second kappa shape index (κ2) is 5.59. The minimum absolute atomic E-state index is 0.0175. The van der Waals surface area contributed by atoms with Crippen molar-refractivity contribution in [2.45, 2.75) is 51.1 Å². The number of anilines is 1. The summed E-state index contributed by atoms with van der Waals surface area (Å²) in [5.74, 6) is -1.12. The largest absolute Gasteiger partial charge is 0.463 e. The van der Waals surface area contributed by atoms with Gasteiger partial charge in [0.05, 0.1) is 0 Å². The number of nitrogens with two attached hydrogens (primary N) is 1. The number of aromatic nitrogens is 2. The third kappa shape index (κ3) is 3.07. The average Bonchev–Trinajstić information content (AvgIpc) is 2.90. The lowest BCUT2D eigenvalue weighted by atomic mass is 10.1. The van der Waals surface area contributed by atoms with Gasteiger partial charge in [-0.15, -0.1) is 0 Å². The van der Waals surface area contributed by atoms with Gasteiger partial charge in [-0.3, -0.25) is 9.36 Å². The van der Waals surface area contributed by atoms with Crippen molar-refractivity contribution in [2.24, 2.45) is 0 Å². The van der Waals surface area contributed by atoms with Crippen LogP contribution in [-0.4, -0.2) is 46.2 Å². The molecule has 2 aliphatic heterocycles. The zero-order valence-corrected chi connectivity index (χ0v) is 13.1. The van der Waals surface area contributed by atoms with Crippen LogP contribution in [0.3, 0.4) is 0 Å². The molecule has 2 fully saturated rings. The Hall–Kier alpha value is -1.97. The number of fused-ring (bicyclic) bond motifs is 1. The highest BCUT2D eigenvalue weighted by atomic mass is 16.8. The summed E-state index contributed by atoms with van der Waals surface area (Å²) in [5.41, 5.74) is 4.96.